The van der Waals surface area contributed by atoms with E-state index in [4.69, 9.17) is 9.57 Å². The Bertz CT molecular complexity index is 120. The van der Waals surface area contributed by atoms with Crippen molar-refractivity contribution in [3.8, 4) is 0 Å². The summed E-state index contributed by atoms with van der Waals surface area (Å²) in [7, 11) is 0. The molecule has 0 spiro atoms. The Balaban J connectivity index is 3.44. The fourth-order valence-corrected chi connectivity index (χ4v) is 1.17. The third-order valence-electron chi connectivity index (χ3n) is 2.17. The Morgan fingerprint density at radius 1 is 1.00 bits per heavy atom. The first-order valence-corrected chi connectivity index (χ1v) is 6.35. The zero-order chi connectivity index (χ0) is 11.4. The molecule has 0 saturated carbocycles. The second-order valence-corrected chi connectivity index (χ2v) is 3.81. The number of rotatable bonds is 11. The molecule has 0 aromatic carbocycles. The molecule has 0 rings (SSSR count). The van der Waals surface area contributed by atoms with Crippen molar-refractivity contribution < 1.29 is 9.57 Å². The summed E-state index contributed by atoms with van der Waals surface area (Å²) in [6.07, 6.45) is 6.59. The van der Waals surface area contributed by atoms with Crippen molar-refractivity contribution in [1.29, 1.82) is 0 Å². The van der Waals surface area contributed by atoms with Gasteiger partial charge in [-0.05, 0) is 19.3 Å². The minimum Gasteiger partial charge on any atom is -0.351 e. The SMILES string of the molecule is CCCCNOC(CCC)OCCCC. The van der Waals surface area contributed by atoms with Gasteiger partial charge in [0.05, 0.1) is 0 Å². The van der Waals surface area contributed by atoms with Gasteiger partial charge in [0.25, 0.3) is 0 Å². The van der Waals surface area contributed by atoms with Crippen LogP contribution < -0.4 is 5.48 Å². The lowest BCUT2D eigenvalue weighted by Gasteiger charge is -2.17. The second kappa shape index (κ2) is 12.0. The van der Waals surface area contributed by atoms with Crippen LogP contribution in [0, 0.1) is 0 Å². The summed E-state index contributed by atoms with van der Waals surface area (Å²) in [5.74, 6) is 0. The highest BCUT2D eigenvalue weighted by atomic mass is 16.8. The average molecular weight is 217 g/mol. The third kappa shape index (κ3) is 10.2. The van der Waals surface area contributed by atoms with Gasteiger partial charge in [0.1, 0.15) is 0 Å². The van der Waals surface area contributed by atoms with Gasteiger partial charge in [0.15, 0.2) is 6.29 Å². The Morgan fingerprint density at radius 2 is 1.73 bits per heavy atom. The largest absolute Gasteiger partial charge is 0.351 e. The highest BCUT2D eigenvalue weighted by Gasteiger charge is 2.07. The lowest BCUT2D eigenvalue weighted by molar-refractivity contribution is -0.183. The lowest BCUT2D eigenvalue weighted by atomic mass is 10.3. The van der Waals surface area contributed by atoms with Crippen molar-refractivity contribution in [2.45, 2.75) is 65.6 Å². The van der Waals surface area contributed by atoms with Gasteiger partial charge in [0.2, 0.25) is 0 Å². The van der Waals surface area contributed by atoms with E-state index in [9.17, 15) is 0 Å². The molecule has 0 amide bonds. The smallest absolute Gasteiger partial charge is 0.177 e. The van der Waals surface area contributed by atoms with E-state index >= 15 is 0 Å². The van der Waals surface area contributed by atoms with Crippen LogP contribution in [0.5, 0.6) is 0 Å². The molecule has 15 heavy (non-hydrogen) atoms. The quantitative estimate of drug-likeness (QED) is 0.327. The van der Waals surface area contributed by atoms with Crippen molar-refractivity contribution in [2.75, 3.05) is 13.2 Å². The predicted octanol–water partition coefficient (Wildman–Crippen LogP) is 3.25. The number of hydrogen-bond acceptors (Lipinski definition) is 3. The number of unbranched alkanes of at least 4 members (excludes halogenated alkanes) is 2. The molecule has 3 heteroatoms. The summed E-state index contributed by atoms with van der Waals surface area (Å²) in [6, 6.07) is 0. The number of nitrogens with one attached hydrogen (secondary N) is 1. The van der Waals surface area contributed by atoms with Crippen LogP contribution in [-0.2, 0) is 9.57 Å². The van der Waals surface area contributed by atoms with Crippen LogP contribution in [0.25, 0.3) is 0 Å². The lowest BCUT2D eigenvalue weighted by Crippen LogP contribution is -2.27. The van der Waals surface area contributed by atoms with Gasteiger partial charge in [-0.2, -0.15) is 5.48 Å². The molecule has 92 valence electrons. The molecular weight excluding hydrogens is 190 g/mol. The van der Waals surface area contributed by atoms with E-state index < -0.39 is 0 Å². The number of hydrogen-bond donors (Lipinski definition) is 1. The molecule has 0 aromatic rings. The molecule has 1 N–H and O–H groups in total. The molecule has 0 aliphatic carbocycles. The van der Waals surface area contributed by atoms with E-state index in [0.717, 1.165) is 38.8 Å². The monoisotopic (exact) mass is 217 g/mol. The maximum absolute atomic E-state index is 5.62. The minimum absolute atomic E-state index is 0.0709. The fraction of sp³-hybridized carbons (Fsp3) is 1.00. The van der Waals surface area contributed by atoms with E-state index in [1.54, 1.807) is 0 Å². The molecule has 0 bridgehead atoms. The fourth-order valence-electron chi connectivity index (χ4n) is 1.17. The molecular formula is C12H27NO2. The van der Waals surface area contributed by atoms with Gasteiger partial charge in [-0.3, -0.25) is 4.84 Å². The van der Waals surface area contributed by atoms with E-state index in [-0.39, 0.29) is 6.29 Å². The van der Waals surface area contributed by atoms with Crippen molar-refractivity contribution in [3.05, 3.63) is 0 Å². The molecule has 1 atom stereocenters. The maximum atomic E-state index is 5.62. The van der Waals surface area contributed by atoms with Gasteiger partial charge in [-0.15, -0.1) is 0 Å². The first kappa shape index (κ1) is 14.9. The van der Waals surface area contributed by atoms with Crippen molar-refractivity contribution in [3.63, 3.8) is 0 Å². The van der Waals surface area contributed by atoms with Crippen molar-refractivity contribution in [2.24, 2.45) is 0 Å². The zero-order valence-electron chi connectivity index (χ0n) is 10.6. The van der Waals surface area contributed by atoms with Crippen LogP contribution in [0.4, 0.5) is 0 Å². The number of ether oxygens (including phenoxy) is 1. The molecule has 0 aliphatic rings. The molecule has 0 aromatic heterocycles. The Morgan fingerprint density at radius 3 is 2.33 bits per heavy atom. The van der Waals surface area contributed by atoms with E-state index in [2.05, 4.69) is 26.3 Å². The van der Waals surface area contributed by atoms with E-state index in [1.807, 2.05) is 0 Å². The maximum Gasteiger partial charge on any atom is 0.177 e. The Hall–Kier alpha value is -0.120. The van der Waals surface area contributed by atoms with Crippen LogP contribution in [0.1, 0.15) is 59.3 Å². The summed E-state index contributed by atoms with van der Waals surface area (Å²) in [6.45, 7) is 8.19. The normalized spacial score (nSPS) is 13.0. The van der Waals surface area contributed by atoms with Crippen molar-refractivity contribution in [1.82, 2.24) is 5.48 Å². The van der Waals surface area contributed by atoms with Gasteiger partial charge < -0.3 is 4.74 Å². The summed E-state index contributed by atoms with van der Waals surface area (Å²) in [4.78, 5) is 5.46. The Labute approximate surface area is 94.5 Å². The van der Waals surface area contributed by atoms with Gasteiger partial charge in [-0.25, -0.2) is 0 Å². The standard InChI is InChI=1S/C12H27NO2/c1-4-7-10-13-15-12(9-6-3)14-11-8-5-2/h12-13H,4-11H2,1-3H3. The molecule has 0 heterocycles. The van der Waals surface area contributed by atoms with E-state index in [0.29, 0.717) is 0 Å². The highest BCUT2D eigenvalue weighted by molar-refractivity contribution is 4.44. The molecule has 0 aliphatic heterocycles. The van der Waals surface area contributed by atoms with Crippen LogP contribution in [0.2, 0.25) is 0 Å². The molecule has 0 saturated heterocycles. The van der Waals surface area contributed by atoms with E-state index in [1.165, 1.54) is 12.8 Å². The average Bonchev–Trinajstić information content (AvgIpc) is 2.24. The summed E-state index contributed by atoms with van der Waals surface area (Å²) >= 11 is 0. The first-order chi connectivity index (χ1) is 7.35. The third-order valence-corrected chi connectivity index (χ3v) is 2.17. The topological polar surface area (TPSA) is 30.5 Å². The molecule has 0 radical (unpaired) electrons. The predicted molar refractivity (Wildman–Crippen MR) is 63.6 cm³/mol. The minimum atomic E-state index is -0.0709. The zero-order valence-corrected chi connectivity index (χ0v) is 10.6. The van der Waals surface area contributed by atoms with Crippen molar-refractivity contribution >= 4 is 0 Å². The van der Waals surface area contributed by atoms with Gasteiger partial charge >= 0.3 is 0 Å². The van der Waals surface area contributed by atoms with Crippen LogP contribution in [-0.4, -0.2) is 19.4 Å². The highest BCUT2D eigenvalue weighted by Crippen LogP contribution is 2.04. The number of hydroxylamine groups is 1. The molecule has 3 nitrogen and oxygen atoms in total. The first-order valence-electron chi connectivity index (χ1n) is 6.35. The Kier molecular flexibility index (Phi) is 11.9. The molecule has 1 unspecified atom stereocenters. The second-order valence-electron chi connectivity index (χ2n) is 3.81. The summed E-state index contributed by atoms with van der Waals surface area (Å²) in [5.41, 5.74) is 2.97. The molecule has 0 fully saturated rings. The van der Waals surface area contributed by atoms with Crippen LogP contribution >= 0.6 is 0 Å². The summed E-state index contributed by atoms with van der Waals surface area (Å²) in [5, 5.41) is 0. The van der Waals surface area contributed by atoms with Crippen LogP contribution in [0.3, 0.4) is 0 Å². The van der Waals surface area contributed by atoms with Crippen LogP contribution in [0.15, 0.2) is 0 Å². The summed E-state index contributed by atoms with van der Waals surface area (Å²) < 4.78 is 5.62. The van der Waals surface area contributed by atoms with Gasteiger partial charge in [-0.1, -0.05) is 40.0 Å². The van der Waals surface area contributed by atoms with Gasteiger partial charge in [0, 0.05) is 13.2 Å².